The summed E-state index contributed by atoms with van der Waals surface area (Å²) in [5.74, 6) is -0.105. The van der Waals surface area contributed by atoms with Crippen molar-refractivity contribution in [3.05, 3.63) is 84.2 Å². The van der Waals surface area contributed by atoms with E-state index < -0.39 is 0 Å². The van der Waals surface area contributed by atoms with Crippen LogP contribution in [0.25, 0.3) is 0 Å². The molecule has 4 rings (SSSR count). The molecule has 1 aromatic heterocycles. The maximum atomic E-state index is 12.8. The molecule has 2 heterocycles. The van der Waals surface area contributed by atoms with Crippen molar-refractivity contribution in [2.24, 2.45) is 0 Å². The van der Waals surface area contributed by atoms with E-state index in [1.807, 2.05) is 89.3 Å². The zero-order valence-electron chi connectivity index (χ0n) is 18.5. The fourth-order valence-electron chi connectivity index (χ4n) is 3.92. The van der Waals surface area contributed by atoms with Gasteiger partial charge in [0.2, 0.25) is 5.91 Å². The van der Waals surface area contributed by atoms with Gasteiger partial charge >= 0.3 is 0 Å². The van der Waals surface area contributed by atoms with E-state index in [2.05, 4.69) is 10.3 Å². The van der Waals surface area contributed by atoms with Gasteiger partial charge in [0, 0.05) is 51.6 Å². The number of nitrogens with zero attached hydrogens (tertiary/aromatic N) is 5. The number of fused-ring (bicyclic) bond motifs is 1. The first-order valence-electron chi connectivity index (χ1n) is 10.6. The van der Waals surface area contributed by atoms with E-state index >= 15 is 0 Å². The van der Waals surface area contributed by atoms with Crippen molar-refractivity contribution in [1.29, 1.82) is 5.26 Å². The molecule has 0 radical (unpaired) electrons. The maximum Gasteiger partial charge on any atom is 0.224 e. The van der Waals surface area contributed by atoms with Gasteiger partial charge < -0.3 is 19.7 Å². The van der Waals surface area contributed by atoms with Crippen molar-refractivity contribution in [2.75, 3.05) is 29.2 Å². The lowest BCUT2D eigenvalue weighted by atomic mass is 10.1. The third-order valence-corrected chi connectivity index (χ3v) is 5.60. The van der Waals surface area contributed by atoms with Gasteiger partial charge in [-0.2, -0.15) is 5.26 Å². The smallest absolute Gasteiger partial charge is 0.224 e. The largest absolute Gasteiger partial charge is 0.333 e. The van der Waals surface area contributed by atoms with Crippen molar-refractivity contribution in [2.45, 2.75) is 19.4 Å². The van der Waals surface area contributed by atoms with Crippen LogP contribution in [0.4, 0.5) is 17.1 Å². The molecule has 0 atom stereocenters. The number of carbonyl (C=O) groups excluding carboxylic acids is 2. The molecule has 1 amide bonds. The number of amides is 1. The number of carbonyl (C=O) groups is 2. The van der Waals surface area contributed by atoms with Gasteiger partial charge in [0.1, 0.15) is 17.5 Å². The number of aromatic nitrogens is 2. The molecule has 0 fully saturated rings. The molecule has 33 heavy (non-hydrogen) atoms. The maximum absolute atomic E-state index is 12.8. The molecular weight excluding hydrogens is 416 g/mol. The van der Waals surface area contributed by atoms with Gasteiger partial charge in [0.05, 0.1) is 17.7 Å². The lowest BCUT2D eigenvalue weighted by Gasteiger charge is -2.19. The zero-order valence-corrected chi connectivity index (χ0v) is 18.5. The van der Waals surface area contributed by atoms with E-state index in [-0.39, 0.29) is 30.1 Å². The van der Waals surface area contributed by atoms with E-state index in [0.717, 1.165) is 16.9 Å². The molecule has 2 aromatic carbocycles. The van der Waals surface area contributed by atoms with Gasteiger partial charge in [0.15, 0.2) is 5.78 Å². The first kappa shape index (κ1) is 21.8. The number of rotatable bonds is 7. The molecule has 0 aliphatic carbocycles. The van der Waals surface area contributed by atoms with E-state index in [1.54, 1.807) is 12.5 Å². The van der Waals surface area contributed by atoms with Crippen molar-refractivity contribution in [3.8, 4) is 6.07 Å². The number of allylic oxidation sites excluding steroid dienone is 1. The number of anilines is 3. The number of benzene rings is 2. The fourth-order valence-corrected chi connectivity index (χ4v) is 3.92. The summed E-state index contributed by atoms with van der Waals surface area (Å²) in [7, 11) is 3.65. The molecule has 1 N–H and O–H groups in total. The Labute approximate surface area is 192 Å². The molecule has 0 saturated carbocycles. The lowest BCUT2D eigenvalue weighted by Crippen LogP contribution is -2.26. The molecule has 1 aliphatic rings. The van der Waals surface area contributed by atoms with E-state index in [0.29, 0.717) is 18.1 Å². The van der Waals surface area contributed by atoms with Crippen molar-refractivity contribution < 1.29 is 9.59 Å². The first-order valence-corrected chi connectivity index (χ1v) is 10.6. The number of para-hydroxylation sites is 2. The number of nitriles is 1. The minimum absolute atomic E-state index is 0.00550. The Bertz CT molecular complexity index is 1210. The average Bonchev–Trinajstić information content (AvgIpc) is 3.42. The minimum Gasteiger partial charge on any atom is -0.333 e. The Morgan fingerprint density at radius 3 is 2.24 bits per heavy atom. The number of nitrogens with one attached hydrogen (secondary N) is 1. The summed E-state index contributed by atoms with van der Waals surface area (Å²) in [6.45, 7) is 0.696. The Morgan fingerprint density at radius 1 is 1.00 bits per heavy atom. The summed E-state index contributed by atoms with van der Waals surface area (Å²) in [6, 6.07) is 17.3. The summed E-state index contributed by atoms with van der Waals surface area (Å²) in [6.07, 6.45) is 5.31. The van der Waals surface area contributed by atoms with Crippen LogP contribution in [0.3, 0.4) is 0 Å². The van der Waals surface area contributed by atoms with Crippen LogP contribution < -0.4 is 15.1 Å². The highest BCUT2D eigenvalue weighted by molar-refractivity contribution is 6.04. The Kier molecular flexibility index (Phi) is 6.22. The number of hydrogen-bond acceptors (Lipinski definition) is 6. The number of ketones is 1. The van der Waals surface area contributed by atoms with Gasteiger partial charge in [-0.1, -0.05) is 24.3 Å². The van der Waals surface area contributed by atoms with Gasteiger partial charge in [0.25, 0.3) is 0 Å². The molecule has 166 valence electrons. The van der Waals surface area contributed by atoms with Crippen LogP contribution in [0.5, 0.6) is 0 Å². The number of imidazole rings is 1. The SMILES string of the molecule is CN1C(=C(C#N)C(=O)CCC(=O)Nc2ccc(Cn3ccnc3)cc2)N(C)c2ccccc21. The summed E-state index contributed by atoms with van der Waals surface area (Å²) < 4.78 is 1.96. The van der Waals surface area contributed by atoms with Gasteiger partial charge in [-0.05, 0) is 29.8 Å². The van der Waals surface area contributed by atoms with E-state index in [9.17, 15) is 14.9 Å². The monoisotopic (exact) mass is 440 g/mol. The number of Topliss-reactive ketones (excluding diaryl/α,β-unsaturated/α-hetero) is 1. The highest BCUT2D eigenvalue weighted by atomic mass is 16.2. The van der Waals surface area contributed by atoms with Crippen LogP contribution in [-0.2, 0) is 16.1 Å². The van der Waals surface area contributed by atoms with Crippen LogP contribution in [0.1, 0.15) is 18.4 Å². The molecule has 0 saturated heterocycles. The molecule has 1 aliphatic heterocycles. The molecule has 0 unspecified atom stereocenters. The Balaban J connectivity index is 1.36. The molecule has 8 nitrogen and oxygen atoms in total. The third kappa shape index (κ3) is 4.62. The van der Waals surface area contributed by atoms with Gasteiger partial charge in [-0.25, -0.2) is 4.98 Å². The van der Waals surface area contributed by atoms with Crippen LogP contribution in [-0.4, -0.2) is 35.3 Å². The highest BCUT2D eigenvalue weighted by Gasteiger charge is 2.31. The second-order valence-electron chi connectivity index (χ2n) is 7.82. The standard InChI is InChI=1S/C25H24N6O2/c1-29-21-5-3-4-6-22(21)30(2)25(29)20(15-26)23(32)11-12-24(33)28-19-9-7-18(8-10-19)16-31-14-13-27-17-31/h3-10,13-14,17H,11-12,16H2,1-2H3,(H,28,33). The van der Waals surface area contributed by atoms with Gasteiger partial charge in [-0.3, -0.25) is 9.59 Å². The Hall–Kier alpha value is -4.38. The zero-order chi connectivity index (χ0) is 23.4. The topological polar surface area (TPSA) is 94.3 Å². The second kappa shape index (κ2) is 9.40. The molecule has 3 aromatic rings. The molecule has 0 spiro atoms. The quantitative estimate of drug-likeness (QED) is 0.446. The van der Waals surface area contributed by atoms with E-state index in [1.165, 1.54) is 0 Å². The highest BCUT2D eigenvalue weighted by Crippen LogP contribution is 2.40. The Morgan fingerprint density at radius 2 is 1.67 bits per heavy atom. The van der Waals surface area contributed by atoms with Crippen molar-refractivity contribution in [3.63, 3.8) is 0 Å². The van der Waals surface area contributed by atoms with Crippen molar-refractivity contribution in [1.82, 2.24) is 9.55 Å². The second-order valence-corrected chi connectivity index (χ2v) is 7.82. The van der Waals surface area contributed by atoms with Crippen LogP contribution in [0.2, 0.25) is 0 Å². The van der Waals surface area contributed by atoms with Gasteiger partial charge in [-0.15, -0.1) is 0 Å². The molecule has 0 bridgehead atoms. The summed E-state index contributed by atoms with van der Waals surface area (Å²) in [5.41, 5.74) is 3.63. The predicted octanol–water partition coefficient (Wildman–Crippen LogP) is 3.54. The van der Waals surface area contributed by atoms with Crippen LogP contribution in [0, 0.1) is 11.3 Å². The first-order chi connectivity index (χ1) is 16.0. The molecular formula is C25H24N6O2. The number of hydrogen-bond donors (Lipinski definition) is 1. The molecule has 8 heteroatoms. The minimum atomic E-state index is -0.357. The van der Waals surface area contributed by atoms with Crippen molar-refractivity contribution >= 4 is 28.8 Å². The normalized spacial score (nSPS) is 12.3. The van der Waals surface area contributed by atoms with Crippen LogP contribution >= 0.6 is 0 Å². The van der Waals surface area contributed by atoms with Crippen LogP contribution in [0.15, 0.2) is 78.6 Å². The predicted molar refractivity (Wildman–Crippen MR) is 127 cm³/mol. The lowest BCUT2D eigenvalue weighted by molar-refractivity contribution is -0.120. The summed E-state index contributed by atoms with van der Waals surface area (Å²) >= 11 is 0. The van der Waals surface area contributed by atoms with E-state index in [4.69, 9.17) is 0 Å². The summed E-state index contributed by atoms with van der Waals surface area (Å²) in [5, 5.41) is 12.5. The third-order valence-electron chi connectivity index (χ3n) is 5.60. The average molecular weight is 441 g/mol. The fraction of sp³-hybridized carbons (Fsp3) is 0.200. The summed E-state index contributed by atoms with van der Waals surface area (Å²) in [4.78, 5) is 32.9.